The summed E-state index contributed by atoms with van der Waals surface area (Å²) in [7, 11) is 0. The quantitative estimate of drug-likeness (QED) is 0.527. The van der Waals surface area contributed by atoms with Crippen molar-refractivity contribution in [3.63, 3.8) is 0 Å². The van der Waals surface area contributed by atoms with Gasteiger partial charge in [0.25, 0.3) is 11.8 Å². The molecular formula is C22H25ClN2O2. The van der Waals surface area contributed by atoms with Crippen LogP contribution in [-0.2, 0) is 6.42 Å². The number of amides is 2. The van der Waals surface area contributed by atoms with Gasteiger partial charge in [0.1, 0.15) is 0 Å². The van der Waals surface area contributed by atoms with E-state index < -0.39 is 11.4 Å². The van der Waals surface area contributed by atoms with E-state index in [4.69, 9.17) is 11.8 Å². The van der Waals surface area contributed by atoms with E-state index in [1.54, 1.807) is 36.4 Å². The van der Waals surface area contributed by atoms with Crippen molar-refractivity contribution < 1.29 is 9.59 Å². The minimum atomic E-state index is -0.700. The molecule has 142 valence electrons. The van der Waals surface area contributed by atoms with Crippen LogP contribution in [0.2, 0.25) is 0 Å². The van der Waals surface area contributed by atoms with Crippen LogP contribution in [0.25, 0.3) is 6.08 Å². The molecule has 0 atom stereocenters. The third-order valence-electron chi connectivity index (χ3n) is 4.15. The van der Waals surface area contributed by atoms with Gasteiger partial charge in [-0.05, 0) is 62.6 Å². The molecule has 0 aliphatic heterocycles. The Balaban J connectivity index is 2.38. The summed E-state index contributed by atoms with van der Waals surface area (Å²) in [5.41, 5.74) is 2.09. The van der Waals surface area contributed by atoms with E-state index in [0.29, 0.717) is 11.1 Å². The molecule has 0 aromatic heterocycles. The lowest BCUT2D eigenvalue weighted by Crippen LogP contribution is -2.54. The second-order valence-corrected chi connectivity index (χ2v) is 7.55. The molecule has 0 aliphatic rings. The van der Waals surface area contributed by atoms with Gasteiger partial charge in [-0.15, -0.1) is 0 Å². The van der Waals surface area contributed by atoms with Crippen LogP contribution in [0.3, 0.4) is 0 Å². The Kier molecular flexibility index (Phi) is 6.45. The fraction of sp³-hybridized carbons (Fsp3) is 0.273. The molecule has 4 nitrogen and oxygen atoms in total. The monoisotopic (exact) mass is 384 g/mol. The molecule has 0 fully saturated rings. The Hall–Kier alpha value is -2.59. The van der Waals surface area contributed by atoms with E-state index >= 15 is 0 Å². The van der Waals surface area contributed by atoms with E-state index in [2.05, 4.69) is 13.5 Å². The maximum Gasteiger partial charge on any atom is 0.287 e. The molecule has 5 heteroatoms. The number of carbonyl (C=O) groups is 2. The molecule has 2 amide bonds. The molecule has 0 radical (unpaired) electrons. The van der Waals surface area contributed by atoms with Gasteiger partial charge < -0.3 is 0 Å². The highest BCUT2D eigenvalue weighted by Gasteiger charge is 2.35. The minimum Gasteiger partial charge on any atom is -0.267 e. The predicted molar refractivity (Wildman–Crippen MR) is 110 cm³/mol. The van der Waals surface area contributed by atoms with Crippen molar-refractivity contribution in [3.8, 4) is 0 Å². The number of benzene rings is 2. The molecule has 2 rings (SSSR count). The van der Waals surface area contributed by atoms with Gasteiger partial charge in [-0.1, -0.05) is 43.8 Å². The van der Waals surface area contributed by atoms with Gasteiger partial charge in [-0.3, -0.25) is 9.59 Å². The number of carbonyl (C=O) groups excluding carboxylic acids is 2. The van der Waals surface area contributed by atoms with Gasteiger partial charge in [-0.2, -0.15) is 4.53 Å². The summed E-state index contributed by atoms with van der Waals surface area (Å²) >= 11 is 6.38. The number of halogens is 1. The first-order chi connectivity index (χ1) is 12.7. The number of nitrogens with zero attached hydrogens (tertiary/aromatic N) is 2. The van der Waals surface area contributed by atoms with Gasteiger partial charge in [0.05, 0.1) is 5.54 Å². The van der Waals surface area contributed by atoms with E-state index in [1.165, 1.54) is 5.01 Å². The summed E-state index contributed by atoms with van der Waals surface area (Å²) in [6.45, 7) is 11.2. The highest BCUT2D eigenvalue weighted by molar-refractivity contribution is 6.24. The van der Waals surface area contributed by atoms with Gasteiger partial charge in [0, 0.05) is 22.9 Å². The maximum atomic E-state index is 13.1. The summed E-state index contributed by atoms with van der Waals surface area (Å²) in [4.78, 5) is 26.0. The predicted octanol–water partition coefficient (Wildman–Crippen LogP) is 5.34. The molecular weight excluding hydrogens is 360 g/mol. The number of aryl methyl sites for hydroxylation is 1. The molecule has 2 aromatic rings. The van der Waals surface area contributed by atoms with Gasteiger partial charge >= 0.3 is 0 Å². The summed E-state index contributed by atoms with van der Waals surface area (Å²) in [5, 5.41) is 1.28. The third-order valence-corrected chi connectivity index (χ3v) is 4.45. The smallest absolute Gasteiger partial charge is 0.267 e. The molecule has 2 aromatic carbocycles. The zero-order chi connectivity index (χ0) is 20.2. The lowest BCUT2D eigenvalue weighted by Gasteiger charge is -2.39. The van der Waals surface area contributed by atoms with Crippen LogP contribution in [0.4, 0.5) is 0 Å². The topological polar surface area (TPSA) is 40.6 Å². The van der Waals surface area contributed by atoms with Crippen molar-refractivity contribution in [1.82, 2.24) is 9.54 Å². The maximum absolute atomic E-state index is 13.1. The summed E-state index contributed by atoms with van der Waals surface area (Å²) in [6, 6.07) is 14.3. The van der Waals surface area contributed by atoms with Crippen molar-refractivity contribution in [1.29, 1.82) is 0 Å². The van der Waals surface area contributed by atoms with Gasteiger partial charge in [-0.25, -0.2) is 5.01 Å². The standard InChI is InChI=1S/C22H25ClN2O2/c1-6-16-11-13-18(14-12-16)20(26)24(22(3,4)5)25(23)21(27)19-10-8-9-17(7-2)15-19/h7-15H,2,6H2,1,3-5H3. The Morgan fingerprint density at radius 3 is 2.19 bits per heavy atom. The van der Waals surface area contributed by atoms with Crippen LogP contribution in [0.5, 0.6) is 0 Å². The molecule has 0 saturated heterocycles. The average Bonchev–Trinajstić information content (AvgIpc) is 2.66. The zero-order valence-corrected chi connectivity index (χ0v) is 17.0. The number of hydrogen-bond acceptors (Lipinski definition) is 2. The third kappa shape index (κ3) is 4.77. The minimum absolute atomic E-state index is 0.339. The molecule has 0 unspecified atom stereocenters. The highest BCUT2D eigenvalue weighted by atomic mass is 35.5. The van der Waals surface area contributed by atoms with Crippen molar-refractivity contribution in [2.75, 3.05) is 0 Å². The Morgan fingerprint density at radius 2 is 1.67 bits per heavy atom. The molecule has 0 spiro atoms. The van der Waals surface area contributed by atoms with Crippen molar-refractivity contribution in [2.24, 2.45) is 0 Å². The van der Waals surface area contributed by atoms with Gasteiger partial charge in [0.15, 0.2) is 0 Å². The molecule has 0 saturated carbocycles. The van der Waals surface area contributed by atoms with Crippen molar-refractivity contribution in [2.45, 2.75) is 39.7 Å². The molecule has 0 N–H and O–H groups in total. The van der Waals surface area contributed by atoms with E-state index in [0.717, 1.165) is 22.1 Å². The van der Waals surface area contributed by atoms with Crippen LogP contribution < -0.4 is 0 Å². The first-order valence-electron chi connectivity index (χ1n) is 8.85. The van der Waals surface area contributed by atoms with Gasteiger partial charge in [0.2, 0.25) is 0 Å². The summed E-state index contributed by atoms with van der Waals surface area (Å²) < 4.78 is 0.873. The number of hydrazine groups is 1. The lowest BCUT2D eigenvalue weighted by atomic mass is 10.0. The molecule has 0 bridgehead atoms. The number of rotatable bonds is 4. The lowest BCUT2D eigenvalue weighted by molar-refractivity contribution is -0.00370. The van der Waals surface area contributed by atoms with Crippen molar-refractivity contribution >= 4 is 29.7 Å². The molecule has 27 heavy (non-hydrogen) atoms. The van der Waals surface area contributed by atoms with Crippen LogP contribution >= 0.6 is 11.8 Å². The number of hydrogen-bond donors (Lipinski definition) is 0. The first kappa shape index (κ1) is 20.7. The van der Waals surface area contributed by atoms with Crippen molar-refractivity contribution in [3.05, 3.63) is 77.4 Å². The Morgan fingerprint density at radius 1 is 1.04 bits per heavy atom. The SMILES string of the molecule is C=Cc1cccc(C(=O)N(Cl)N(C(=O)c2ccc(CC)cc2)C(C)(C)C)c1. The second kappa shape index (κ2) is 8.40. The van der Waals surface area contributed by atoms with E-state index in [1.807, 2.05) is 39.0 Å². The Bertz CT molecular complexity index is 838. The summed E-state index contributed by atoms with van der Waals surface area (Å²) in [6.07, 6.45) is 2.54. The van der Waals surface area contributed by atoms with Crippen LogP contribution in [0.1, 0.15) is 59.5 Å². The fourth-order valence-corrected chi connectivity index (χ4v) is 3.04. The first-order valence-corrected chi connectivity index (χ1v) is 9.19. The average molecular weight is 385 g/mol. The van der Waals surface area contributed by atoms with Crippen LogP contribution in [0, 0.1) is 0 Å². The normalized spacial score (nSPS) is 11.0. The molecule has 0 aliphatic carbocycles. The summed E-state index contributed by atoms with van der Waals surface area (Å²) in [5.74, 6) is -0.817. The van der Waals surface area contributed by atoms with E-state index in [-0.39, 0.29) is 5.91 Å². The Labute approximate surface area is 166 Å². The highest BCUT2D eigenvalue weighted by Crippen LogP contribution is 2.24. The molecule has 0 heterocycles. The zero-order valence-electron chi connectivity index (χ0n) is 16.2. The van der Waals surface area contributed by atoms with Crippen LogP contribution in [-0.4, -0.2) is 26.9 Å². The van der Waals surface area contributed by atoms with E-state index in [9.17, 15) is 9.59 Å². The fourth-order valence-electron chi connectivity index (χ4n) is 2.65. The van der Waals surface area contributed by atoms with Crippen LogP contribution in [0.15, 0.2) is 55.1 Å². The second-order valence-electron chi connectivity index (χ2n) is 7.23. The largest absolute Gasteiger partial charge is 0.287 e.